The lowest BCUT2D eigenvalue weighted by Gasteiger charge is -2.28. The third kappa shape index (κ3) is 4.07. The Balaban J connectivity index is 1.56. The summed E-state index contributed by atoms with van der Waals surface area (Å²) >= 11 is 0. The molecule has 0 saturated carbocycles. The molecule has 45 heavy (non-hydrogen) atoms. The molecule has 0 aromatic heterocycles. The Morgan fingerprint density at radius 3 is 1.24 bits per heavy atom. The molecule has 0 spiro atoms. The molecule has 1 aliphatic carbocycles. The normalized spacial score (nSPS) is 12.4. The van der Waals surface area contributed by atoms with Crippen LogP contribution in [0.4, 0.5) is 0 Å². The van der Waals surface area contributed by atoms with Gasteiger partial charge in [0.15, 0.2) is 0 Å². The molecule has 0 N–H and O–H groups in total. The van der Waals surface area contributed by atoms with Crippen LogP contribution in [0.2, 0.25) is 0 Å². The highest BCUT2D eigenvalue weighted by molar-refractivity contribution is 6.16. The maximum atomic E-state index is 2.46. The van der Waals surface area contributed by atoms with Gasteiger partial charge in [-0.3, -0.25) is 0 Å². The molecule has 0 nitrogen and oxygen atoms in total. The minimum Gasteiger partial charge on any atom is -0.0622 e. The van der Waals surface area contributed by atoms with E-state index in [0.717, 1.165) is 0 Å². The van der Waals surface area contributed by atoms with E-state index >= 15 is 0 Å². The molecule has 0 unspecified atom stereocenters. The summed E-state index contributed by atoms with van der Waals surface area (Å²) in [4.78, 5) is 0. The lowest BCUT2D eigenvalue weighted by atomic mass is 9.74. The van der Waals surface area contributed by atoms with Crippen LogP contribution >= 0.6 is 0 Å². The summed E-state index contributed by atoms with van der Waals surface area (Å²) in [7, 11) is 0. The SMILES string of the molecule is c1ccc(-c2c(-c3ccccc3)c(C3c4ccccc4-c4ccccc43)c3cc4ccccc4cc3c2-c2ccccc2)cc1. The van der Waals surface area contributed by atoms with Crippen molar-refractivity contribution < 1.29 is 0 Å². The Kier molecular flexibility index (Phi) is 5.99. The van der Waals surface area contributed by atoms with E-state index in [1.165, 1.54) is 82.7 Å². The van der Waals surface area contributed by atoms with Crippen molar-refractivity contribution in [2.24, 2.45) is 0 Å². The van der Waals surface area contributed by atoms with E-state index in [1.807, 2.05) is 0 Å². The average molecular weight is 571 g/mol. The van der Waals surface area contributed by atoms with E-state index in [1.54, 1.807) is 0 Å². The first-order valence-electron chi connectivity index (χ1n) is 15.7. The maximum Gasteiger partial charge on any atom is 0.0364 e. The van der Waals surface area contributed by atoms with Crippen LogP contribution in [0.1, 0.15) is 22.6 Å². The molecule has 0 heterocycles. The van der Waals surface area contributed by atoms with Crippen molar-refractivity contribution in [3.05, 3.63) is 193 Å². The van der Waals surface area contributed by atoms with Gasteiger partial charge >= 0.3 is 0 Å². The summed E-state index contributed by atoms with van der Waals surface area (Å²) < 4.78 is 0. The molecule has 8 aromatic rings. The minimum atomic E-state index is 0.0866. The highest BCUT2D eigenvalue weighted by Crippen LogP contribution is 2.56. The molecule has 8 aromatic carbocycles. The van der Waals surface area contributed by atoms with Crippen molar-refractivity contribution in [2.75, 3.05) is 0 Å². The van der Waals surface area contributed by atoms with Crippen LogP contribution in [0, 0.1) is 0 Å². The lowest BCUT2D eigenvalue weighted by Crippen LogP contribution is -2.06. The van der Waals surface area contributed by atoms with Gasteiger partial charge in [-0.15, -0.1) is 0 Å². The maximum absolute atomic E-state index is 2.46. The van der Waals surface area contributed by atoms with Gasteiger partial charge in [-0.25, -0.2) is 0 Å². The first-order chi connectivity index (χ1) is 22.4. The van der Waals surface area contributed by atoms with Crippen LogP contribution in [-0.2, 0) is 0 Å². The van der Waals surface area contributed by atoms with E-state index in [4.69, 9.17) is 0 Å². The third-order valence-electron chi connectivity index (χ3n) is 9.52. The van der Waals surface area contributed by atoms with Gasteiger partial charge in [-0.05, 0) is 94.9 Å². The zero-order valence-electron chi connectivity index (χ0n) is 24.8. The molecular formula is C45H30. The molecule has 0 heteroatoms. The summed E-state index contributed by atoms with van der Waals surface area (Å²) in [6.07, 6.45) is 0. The second-order valence-electron chi connectivity index (χ2n) is 12.0. The predicted molar refractivity (Wildman–Crippen MR) is 191 cm³/mol. The molecule has 0 atom stereocenters. The molecule has 0 bridgehead atoms. The molecule has 9 rings (SSSR count). The van der Waals surface area contributed by atoms with E-state index in [-0.39, 0.29) is 5.92 Å². The lowest BCUT2D eigenvalue weighted by molar-refractivity contribution is 1.03. The van der Waals surface area contributed by atoms with Crippen LogP contribution in [0.15, 0.2) is 176 Å². The van der Waals surface area contributed by atoms with Crippen molar-refractivity contribution >= 4 is 21.5 Å². The van der Waals surface area contributed by atoms with Crippen LogP contribution < -0.4 is 0 Å². The molecule has 0 saturated heterocycles. The Morgan fingerprint density at radius 1 is 0.311 bits per heavy atom. The molecule has 0 radical (unpaired) electrons. The Hall–Kier alpha value is -5.72. The fraction of sp³-hybridized carbons (Fsp3) is 0.0222. The van der Waals surface area contributed by atoms with Crippen molar-refractivity contribution in [3.63, 3.8) is 0 Å². The quantitative estimate of drug-likeness (QED) is 0.185. The third-order valence-corrected chi connectivity index (χ3v) is 9.52. The van der Waals surface area contributed by atoms with Gasteiger partial charge in [0.2, 0.25) is 0 Å². The van der Waals surface area contributed by atoms with Crippen LogP contribution in [-0.4, -0.2) is 0 Å². The number of hydrogen-bond acceptors (Lipinski definition) is 0. The van der Waals surface area contributed by atoms with Gasteiger partial charge in [0.05, 0.1) is 0 Å². The highest BCUT2D eigenvalue weighted by atomic mass is 14.4. The van der Waals surface area contributed by atoms with Crippen LogP contribution in [0.25, 0.3) is 66.1 Å². The Bertz CT molecular complexity index is 2300. The monoisotopic (exact) mass is 570 g/mol. The first-order valence-corrected chi connectivity index (χ1v) is 15.7. The van der Waals surface area contributed by atoms with E-state index in [2.05, 4.69) is 176 Å². The highest BCUT2D eigenvalue weighted by Gasteiger charge is 2.35. The Morgan fingerprint density at radius 2 is 0.711 bits per heavy atom. The topological polar surface area (TPSA) is 0 Å². The van der Waals surface area contributed by atoms with Gasteiger partial charge in [-0.1, -0.05) is 164 Å². The van der Waals surface area contributed by atoms with E-state index < -0.39 is 0 Å². The van der Waals surface area contributed by atoms with E-state index in [9.17, 15) is 0 Å². The van der Waals surface area contributed by atoms with Gasteiger partial charge in [0.1, 0.15) is 0 Å². The number of benzene rings is 8. The zero-order chi connectivity index (χ0) is 29.7. The van der Waals surface area contributed by atoms with Crippen LogP contribution in [0.5, 0.6) is 0 Å². The number of rotatable bonds is 4. The van der Waals surface area contributed by atoms with Crippen molar-refractivity contribution in [2.45, 2.75) is 5.92 Å². The van der Waals surface area contributed by atoms with Gasteiger partial charge in [0, 0.05) is 5.92 Å². The van der Waals surface area contributed by atoms with Gasteiger partial charge in [0.25, 0.3) is 0 Å². The molecular weight excluding hydrogens is 540 g/mol. The second kappa shape index (κ2) is 10.5. The van der Waals surface area contributed by atoms with Crippen molar-refractivity contribution in [1.29, 1.82) is 0 Å². The fourth-order valence-electron chi connectivity index (χ4n) is 7.67. The summed E-state index contributed by atoms with van der Waals surface area (Å²) in [5.74, 6) is 0.0866. The predicted octanol–water partition coefficient (Wildman–Crippen LogP) is 12.2. The number of hydrogen-bond donors (Lipinski definition) is 0. The van der Waals surface area contributed by atoms with E-state index in [0.29, 0.717) is 0 Å². The molecule has 1 aliphatic rings. The largest absolute Gasteiger partial charge is 0.0622 e. The summed E-state index contributed by atoms with van der Waals surface area (Å²) in [6.45, 7) is 0. The summed E-state index contributed by atoms with van der Waals surface area (Å²) in [6, 6.07) is 64.8. The molecule has 210 valence electrons. The second-order valence-corrected chi connectivity index (χ2v) is 12.0. The Labute approximate surface area is 263 Å². The minimum absolute atomic E-state index is 0.0866. The number of fused-ring (bicyclic) bond motifs is 5. The van der Waals surface area contributed by atoms with Crippen LogP contribution in [0.3, 0.4) is 0 Å². The fourth-order valence-corrected chi connectivity index (χ4v) is 7.67. The standard InChI is InChI=1S/C45H30/c1-4-16-30(17-5-1)41-39-28-33-22-10-11-23-34(33)29-40(39)45(44-37-26-14-12-24-35(37)36-25-13-15-27-38(36)44)43(32-20-8-3-9-21-32)42(41)31-18-6-2-7-19-31/h1-29,44H. The zero-order valence-corrected chi connectivity index (χ0v) is 24.8. The molecule has 0 amide bonds. The first kappa shape index (κ1) is 25.7. The summed E-state index contributed by atoms with van der Waals surface area (Å²) in [5.41, 5.74) is 14.3. The smallest absolute Gasteiger partial charge is 0.0364 e. The molecule has 0 fully saturated rings. The van der Waals surface area contributed by atoms with Gasteiger partial charge in [-0.2, -0.15) is 0 Å². The summed E-state index contributed by atoms with van der Waals surface area (Å²) in [5, 5.41) is 5.11. The van der Waals surface area contributed by atoms with Crippen molar-refractivity contribution in [1.82, 2.24) is 0 Å². The molecule has 0 aliphatic heterocycles. The van der Waals surface area contributed by atoms with Gasteiger partial charge < -0.3 is 0 Å². The van der Waals surface area contributed by atoms with Crippen molar-refractivity contribution in [3.8, 4) is 44.5 Å². The average Bonchev–Trinajstić information content (AvgIpc) is 3.45.